The maximum atomic E-state index is 14.2. The van der Waals surface area contributed by atoms with Crippen molar-refractivity contribution in [2.24, 2.45) is 5.73 Å². The first-order valence-corrected chi connectivity index (χ1v) is 13.5. The van der Waals surface area contributed by atoms with Gasteiger partial charge in [-0.3, -0.25) is 19.2 Å². The van der Waals surface area contributed by atoms with Crippen LogP contribution in [-0.4, -0.2) is 58.2 Å². The lowest BCUT2D eigenvalue weighted by atomic mass is 10.0. The van der Waals surface area contributed by atoms with Gasteiger partial charge in [-0.25, -0.2) is 9.88 Å². The van der Waals surface area contributed by atoms with Crippen molar-refractivity contribution in [3.8, 4) is 6.07 Å². The lowest BCUT2D eigenvalue weighted by Gasteiger charge is -2.28. The molecule has 4 N–H and O–H groups in total. The zero-order valence-electron chi connectivity index (χ0n) is 22.7. The molecule has 4 amide bonds. The van der Waals surface area contributed by atoms with E-state index in [9.17, 15) is 24.4 Å². The quantitative estimate of drug-likeness (QED) is 0.339. The monoisotopic (exact) mass is 552 g/mol. The minimum atomic E-state index is -1.28. The molecule has 0 aliphatic carbocycles. The molecule has 10 nitrogen and oxygen atoms in total. The zero-order valence-corrected chi connectivity index (χ0v) is 22.7. The number of benzene rings is 2. The summed E-state index contributed by atoms with van der Waals surface area (Å²) in [6.45, 7) is 2.17. The fraction of sp³-hybridized carbons (Fsp3) is 0.290. The highest BCUT2D eigenvalue weighted by atomic mass is 16.2. The first-order chi connectivity index (χ1) is 19.8. The van der Waals surface area contributed by atoms with Crippen LogP contribution in [0.15, 0.2) is 72.8 Å². The maximum Gasteiger partial charge on any atom is 0.286 e. The standard InChI is InChI=1S/C31H32N6O4/c1-20-14-15-23(19-32)35-27(20)31(41)37(29(39)25-13-8-16-34-25)30(40)26(18-22-11-6-3-7-12-22)36-28(38)24(33)17-21-9-4-2-5-10-21/h2-7,9-12,14-15,24-26,34H,8,13,16-18,33H2,1H3,(H,36,38)/t24-,25-,26-/m0/s1. The van der Waals surface area contributed by atoms with E-state index in [0.29, 0.717) is 35.4 Å². The van der Waals surface area contributed by atoms with Gasteiger partial charge in [-0.05, 0) is 55.5 Å². The molecule has 0 unspecified atom stereocenters. The average Bonchev–Trinajstić information content (AvgIpc) is 3.53. The molecule has 0 bridgehead atoms. The molecular weight excluding hydrogens is 520 g/mol. The Balaban J connectivity index is 1.68. The van der Waals surface area contributed by atoms with Gasteiger partial charge in [-0.15, -0.1) is 0 Å². The lowest BCUT2D eigenvalue weighted by Crippen LogP contribution is -2.58. The van der Waals surface area contributed by atoms with E-state index in [1.807, 2.05) is 42.5 Å². The number of aromatic nitrogens is 1. The van der Waals surface area contributed by atoms with Gasteiger partial charge in [0.2, 0.25) is 5.91 Å². The molecule has 1 aliphatic heterocycles. The Morgan fingerprint density at radius 2 is 1.66 bits per heavy atom. The van der Waals surface area contributed by atoms with Crippen LogP contribution in [0.1, 0.15) is 45.7 Å². The number of nitrogens with one attached hydrogen (secondary N) is 2. The van der Waals surface area contributed by atoms with Crippen molar-refractivity contribution in [3.63, 3.8) is 0 Å². The van der Waals surface area contributed by atoms with Gasteiger partial charge in [0.15, 0.2) is 0 Å². The van der Waals surface area contributed by atoms with Gasteiger partial charge in [-0.2, -0.15) is 5.26 Å². The average molecular weight is 553 g/mol. The summed E-state index contributed by atoms with van der Waals surface area (Å²) in [6.07, 6.45) is 1.39. The molecule has 2 aromatic carbocycles. The fourth-order valence-electron chi connectivity index (χ4n) is 4.72. The summed E-state index contributed by atoms with van der Waals surface area (Å²) in [4.78, 5) is 59.6. The summed E-state index contributed by atoms with van der Waals surface area (Å²) >= 11 is 0. The molecule has 3 aromatic rings. The Morgan fingerprint density at radius 3 is 2.24 bits per heavy atom. The lowest BCUT2D eigenvalue weighted by molar-refractivity contribution is -0.145. The number of aryl methyl sites for hydroxylation is 1. The molecule has 1 aromatic heterocycles. The van der Waals surface area contributed by atoms with E-state index in [1.165, 1.54) is 12.1 Å². The summed E-state index contributed by atoms with van der Waals surface area (Å²) in [5.41, 5.74) is 7.95. The maximum absolute atomic E-state index is 14.2. The summed E-state index contributed by atoms with van der Waals surface area (Å²) in [5.74, 6) is -3.18. The largest absolute Gasteiger partial charge is 0.343 e. The van der Waals surface area contributed by atoms with E-state index in [-0.39, 0.29) is 24.2 Å². The molecule has 0 saturated carbocycles. The number of nitrogens with two attached hydrogens (primary N) is 1. The second-order valence-corrected chi connectivity index (χ2v) is 9.99. The van der Waals surface area contributed by atoms with E-state index in [0.717, 1.165) is 5.56 Å². The van der Waals surface area contributed by atoms with Crippen LogP contribution in [-0.2, 0) is 27.2 Å². The summed E-state index contributed by atoms with van der Waals surface area (Å²) < 4.78 is 0. The van der Waals surface area contributed by atoms with Gasteiger partial charge in [0.1, 0.15) is 23.5 Å². The predicted octanol–water partition coefficient (Wildman–Crippen LogP) is 1.81. The topological polar surface area (TPSA) is 158 Å². The van der Waals surface area contributed by atoms with Crippen molar-refractivity contribution in [1.82, 2.24) is 20.5 Å². The van der Waals surface area contributed by atoms with Crippen LogP contribution >= 0.6 is 0 Å². The van der Waals surface area contributed by atoms with Crippen molar-refractivity contribution in [3.05, 3.63) is 101 Å². The van der Waals surface area contributed by atoms with Gasteiger partial charge in [0.05, 0.1) is 12.1 Å². The van der Waals surface area contributed by atoms with Crippen LogP contribution in [0.5, 0.6) is 0 Å². The van der Waals surface area contributed by atoms with E-state index >= 15 is 0 Å². The molecule has 10 heteroatoms. The smallest absolute Gasteiger partial charge is 0.286 e. The van der Waals surface area contributed by atoms with Crippen molar-refractivity contribution in [1.29, 1.82) is 5.26 Å². The van der Waals surface area contributed by atoms with Crippen molar-refractivity contribution < 1.29 is 19.2 Å². The third-order valence-corrected chi connectivity index (χ3v) is 6.95. The molecule has 4 rings (SSSR count). The fourth-order valence-corrected chi connectivity index (χ4v) is 4.72. The van der Waals surface area contributed by atoms with Crippen LogP contribution in [0.4, 0.5) is 0 Å². The number of pyridine rings is 1. The number of nitriles is 1. The third kappa shape index (κ3) is 7.28. The highest BCUT2D eigenvalue weighted by Crippen LogP contribution is 2.17. The summed E-state index contributed by atoms with van der Waals surface area (Å²) in [7, 11) is 0. The Morgan fingerprint density at radius 1 is 1.02 bits per heavy atom. The van der Waals surface area contributed by atoms with Gasteiger partial charge >= 0.3 is 0 Å². The van der Waals surface area contributed by atoms with E-state index in [1.54, 1.807) is 31.2 Å². The molecule has 3 atom stereocenters. The molecule has 2 heterocycles. The predicted molar refractivity (Wildman–Crippen MR) is 151 cm³/mol. The number of nitrogens with zero attached hydrogens (tertiary/aromatic N) is 3. The number of hydrogen-bond donors (Lipinski definition) is 3. The van der Waals surface area contributed by atoms with Crippen molar-refractivity contribution >= 4 is 23.6 Å². The minimum absolute atomic E-state index is 0.0171. The Kier molecular flexibility index (Phi) is 9.68. The van der Waals surface area contributed by atoms with Gasteiger partial charge in [0.25, 0.3) is 17.7 Å². The van der Waals surface area contributed by atoms with Gasteiger partial charge < -0.3 is 16.4 Å². The highest BCUT2D eigenvalue weighted by molar-refractivity contribution is 6.18. The molecule has 1 fully saturated rings. The molecule has 1 saturated heterocycles. The first kappa shape index (κ1) is 29.3. The van der Waals surface area contributed by atoms with Gasteiger partial charge in [-0.1, -0.05) is 66.7 Å². The van der Waals surface area contributed by atoms with Crippen molar-refractivity contribution in [2.45, 2.75) is 50.7 Å². The second-order valence-electron chi connectivity index (χ2n) is 9.99. The van der Waals surface area contributed by atoms with Crippen LogP contribution in [0.25, 0.3) is 0 Å². The van der Waals surface area contributed by atoms with Crippen LogP contribution in [0, 0.1) is 18.3 Å². The second kappa shape index (κ2) is 13.6. The molecule has 1 aliphatic rings. The normalized spacial score (nSPS) is 15.8. The first-order valence-electron chi connectivity index (χ1n) is 13.5. The molecule has 41 heavy (non-hydrogen) atoms. The Bertz CT molecular complexity index is 1450. The van der Waals surface area contributed by atoms with E-state index in [2.05, 4.69) is 15.6 Å². The summed E-state index contributed by atoms with van der Waals surface area (Å²) in [5, 5.41) is 15.1. The SMILES string of the molecule is Cc1ccc(C#N)nc1C(=O)N(C(=O)[C@@H]1CCCN1)C(=O)[C@H](Cc1ccccc1)NC(=O)[C@@H](N)Cc1ccccc1. The number of hydrogen-bond acceptors (Lipinski definition) is 8. The number of rotatable bonds is 9. The number of carbonyl (C=O) groups excluding carboxylic acids is 4. The summed E-state index contributed by atoms with van der Waals surface area (Å²) in [6, 6.07) is 20.0. The number of imide groups is 3. The minimum Gasteiger partial charge on any atom is -0.343 e. The molecule has 210 valence electrons. The van der Waals surface area contributed by atoms with E-state index < -0.39 is 41.8 Å². The van der Waals surface area contributed by atoms with Crippen molar-refractivity contribution in [2.75, 3.05) is 6.54 Å². The zero-order chi connectivity index (χ0) is 29.4. The number of amides is 4. The number of carbonyl (C=O) groups is 4. The van der Waals surface area contributed by atoms with Gasteiger partial charge in [0, 0.05) is 6.42 Å². The van der Waals surface area contributed by atoms with Crippen LogP contribution in [0.2, 0.25) is 0 Å². The third-order valence-electron chi connectivity index (χ3n) is 6.95. The Labute approximate surface area is 238 Å². The highest BCUT2D eigenvalue weighted by Gasteiger charge is 2.40. The molecule has 0 radical (unpaired) electrons. The van der Waals surface area contributed by atoms with E-state index in [4.69, 9.17) is 5.73 Å². The van der Waals surface area contributed by atoms with Crippen LogP contribution in [0.3, 0.4) is 0 Å². The van der Waals surface area contributed by atoms with Crippen LogP contribution < -0.4 is 16.4 Å². The molecular formula is C31H32N6O4. The molecule has 0 spiro atoms. The Hall–Kier alpha value is -4.72.